The number of methoxy groups -OCH3 is 1. The molecule has 3 rings (SSSR count). The number of rotatable bonds is 7. The lowest BCUT2D eigenvalue weighted by Crippen LogP contribution is -2.28. The second-order valence-corrected chi connectivity index (χ2v) is 5.58. The lowest BCUT2D eigenvalue weighted by atomic mass is 10.2. The highest BCUT2D eigenvalue weighted by molar-refractivity contribution is 5.77. The first-order valence-corrected chi connectivity index (χ1v) is 8.07. The molecule has 1 aromatic heterocycles. The number of nitrogens with zero attached hydrogens (tertiary/aromatic N) is 2. The molecule has 0 radical (unpaired) electrons. The summed E-state index contributed by atoms with van der Waals surface area (Å²) in [6.07, 6.45) is 0. The summed E-state index contributed by atoms with van der Waals surface area (Å²) in [6.45, 7) is 2.08. The van der Waals surface area contributed by atoms with Gasteiger partial charge in [0.15, 0.2) is 6.61 Å². The molecule has 0 aliphatic heterocycles. The molecule has 2 aromatic carbocycles. The van der Waals surface area contributed by atoms with Gasteiger partial charge in [0.25, 0.3) is 5.91 Å². The first-order chi connectivity index (χ1) is 12.6. The highest BCUT2D eigenvalue weighted by Crippen LogP contribution is 2.19. The lowest BCUT2D eigenvalue weighted by Gasteiger charge is -2.08. The topological polar surface area (TPSA) is 86.5 Å². The summed E-state index contributed by atoms with van der Waals surface area (Å²) in [7, 11) is 1.61. The number of carbonyl (C=O) groups excluding carboxylic acids is 1. The third-order valence-electron chi connectivity index (χ3n) is 3.63. The summed E-state index contributed by atoms with van der Waals surface area (Å²) in [5.41, 5.74) is 1.77. The number of amides is 1. The van der Waals surface area contributed by atoms with E-state index in [1.165, 1.54) is 0 Å². The Morgan fingerprint density at radius 1 is 1.15 bits per heavy atom. The molecular weight excluding hydrogens is 334 g/mol. The molecule has 1 N–H and O–H groups in total. The average Bonchev–Trinajstić information content (AvgIpc) is 3.11. The fourth-order valence-corrected chi connectivity index (χ4v) is 2.30. The quantitative estimate of drug-likeness (QED) is 0.703. The van der Waals surface area contributed by atoms with Crippen LogP contribution in [0.3, 0.4) is 0 Å². The van der Waals surface area contributed by atoms with Crippen molar-refractivity contribution in [2.75, 3.05) is 13.7 Å². The average molecular weight is 353 g/mol. The Balaban J connectivity index is 1.48. The lowest BCUT2D eigenvalue weighted by molar-refractivity contribution is -0.123. The van der Waals surface area contributed by atoms with Crippen LogP contribution in [0.4, 0.5) is 0 Å². The SMILES string of the molecule is COc1cccc(CNC(=O)COc2ccc(-c3noc(C)n3)cc2)c1. The number of nitrogens with one attached hydrogen (secondary N) is 1. The van der Waals surface area contributed by atoms with Gasteiger partial charge in [-0.1, -0.05) is 17.3 Å². The molecule has 0 saturated carbocycles. The Kier molecular flexibility index (Phi) is 5.48. The van der Waals surface area contributed by atoms with E-state index in [1.54, 1.807) is 26.2 Å². The van der Waals surface area contributed by atoms with Gasteiger partial charge in [-0.05, 0) is 42.0 Å². The molecular formula is C19H19N3O4. The van der Waals surface area contributed by atoms with Crippen molar-refractivity contribution in [3.8, 4) is 22.9 Å². The van der Waals surface area contributed by atoms with Gasteiger partial charge in [0.1, 0.15) is 11.5 Å². The van der Waals surface area contributed by atoms with Crippen LogP contribution in [0.2, 0.25) is 0 Å². The van der Waals surface area contributed by atoms with Crippen molar-refractivity contribution in [3.05, 3.63) is 60.0 Å². The van der Waals surface area contributed by atoms with Crippen LogP contribution < -0.4 is 14.8 Å². The first kappa shape index (κ1) is 17.5. The Bertz CT molecular complexity index is 875. The summed E-state index contributed by atoms with van der Waals surface area (Å²) >= 11 is 0. The maximum atomic E-state index is 11.9. The molecule has 0 atom stereocenters. The van der Waals surface area contributed by atoms with Crippen LogP contribution in [0, 0.1) is 6.92 Å². The van der Waals surface area contributed by atoms with Crippen LogP contribution in [0.1, 0.15) is 11.5 Å². The van der Waals surface area contributed by atoms with Gasteiger partial charge < -0.3 is 19.3 Å². The molecule has 7 heteroatoms. The summed E-state index contributed by atoms with van der Waals surface area (Å²) < 4.78 is 15.6. The number of benzene rings is 2. The molecule has 7 nitrogen and oxygen atoms in total. The Labute approximate surface area is 150 Å². The first-order valence-electron chi connectivity index (χ1n) is 8.07. The number of hydrogen-bond acceptors (Lipinski definition) is 6. The summed E-state index contributed by atoms with van der Waals surface area (Å²) in [6, 6.07) is 14.7. The molecule has 0 bridgehead atoms. The van der Waals surface area contributed by atoms with Crippen LogP contribution in [-0.2, 0) is 11.3 Å². The van der Waals surface area contributed by atoms with Gasteiger partial charge in [0.05, 0.1) is 7.11 Å². The fourth-order valence-electron chi connectivity index (χ4n) is 2.30. The number of aryl methyl sites for hydroxylation is 1. The smallest absolute Gasteiger partial charge is 0.258 e. The van der Waals surface area contributed by atoms with E-state index in [-0.39, 0.29) is 12.5 Å². The molecule has 0 fully saturated rings. The van der Waals surface area contributed by atoms with Crippen molar-refractivity contribution in [1.29, 1.82) is 0 Å². The van der Waals surface area contributed by atoms with Gasteiger partial charge in [0, 0.05) is 19.0 Å². The van der Waals surface area contributed by atoms with Gasteiger partial charge in [-0.2, -0.15) is 4.98 Å². The zero-order chi connectivity index (χ0) is 18.4. The standard InChI is InChI=1S/C19H19N3O4/c1-13-21-19(22-26-13)15-6-8-16(9-7-15)25-12-18(23)20-11-14-4-3-5-17(10-14)24-2/h3-10H,11-12H2,1-2H3,(H,20,23). The molecule has 134 valence electrons. The molecule has 0 spiro atoms. The van der Waals surface area contributed by atoms with Crippen LogP contribution in [0.5, 0.6) is 11.5 Å². The maximum Gasteiger partial charge on any atom is 0.258 e. The predicted molar refractivity (Wildman–Crippen MR) is 94.8 cm³/mol. The highest BCUT2D eigenvalue weighted by atomic mass is 16.5. The predicted octanol–water partition coefficient (Wildman–Crippen LogP) is 2.75. The molecule has 0 aliphatic rings. The van der Waals surface area contributed by atoms with Crippen molar-refractivity contribution in [3.63, 3.8) is 0 Å². The van der Waals surface area contributed by atoms with Crippen LogP contribution >= 0.6 is 0 Å². The van der Waals surface area contributed by atoms with Gasteiger partial charge in [0.2, 0.25) is 11.7 Å². The summed E-state index contributed by atoms with van der Waals surface area (Å²) in [4.78, 5) is 16.1. The Morgan fingerprint density at radius 3 is 2.65 bits per heavy atom. The van der Waals surface area contributed by atoms with Crippen LogP contribution in [-0.4, -0.2) is 29.8 Å². The largest absolute Gasteiger partial charge is 0.497 e. The highest BCUT2D eigenvalue weighted by Gasteiger charge is 2.07. The molecule has 1 amide bonds. The minimum absolute atomic E-state index is 0.0648. The zero-order valence-electron chi connectivity index (χ0n) is 14.6. The van der Waals surface area contributed by atoms with Crippen molar-refractivity contribution < 1.29 is 18.8 Å². The molecule has 1 heterocycles. The van der Waals surface area contributed by atoms with E-state index in [0.717, 1.165) is 16.9 Å². The summed E-state index contributed by atoms with van der Waals surface area (Å²) in [5, 5.41) is 6.66. The minimum Gasteiger partial charge on any atom is -0.497 e. The van der Waals surface area contributed by atoms with Crippen molar-refractivity contribution in [2.24, 2.45) is 0 Å². The van der Waals surface area contributed by atoms with E-state index in [2.05, 4.69) is 15.5 Å². The maximum absolute atomic E-state index is 11.9. The number of carbonyl (C=O) groups is 1. The molecule has 26 heavy (non-hydrogen) atoms. The van der Waals surface area contributed by atoms with Gasteiger partial charge in [-0.15, -0.1) is 0 Å². The minimum atomic E-state index is -0.203. The fraction of sp³-hybridized carbons (Fsp3) is 0.211. The van der Waals surface area contributed by atoms with E-state index < -0.39 is 0 Å². The van der Waals surface area contributed by atoms with Gasteiger partial charge >= 0.3 is 0 Å². The number of hydrogen-bond donors (Lipinski definition) is 1. The van der Waals surface area contributed by atoms with E-state index in [1.807, 2.05) is 36.4 Å². The Hall–Kier alpha value is -3.35. The van der Waals surface area contributed by atoms with E-state index in [9.17, 15) is 4.79 Å². The monoisotopic (exact) mass is 353 g/mol. The third-order valence-corrected chi connectivity index (χ3v) is 3.63. The molecule has 0 aliphatic carbocycles. The van der Waals surface area contributed by atoms with Crippen molar-refractivity contribution >= 4 is 5.91 Å². The number of ether oxygens (including phenoxy) is 2. The van der Waals surface area contributed by atoms with Crippen LogP contribution in [0.25, 0.3) is 11.4 Å². The normalized spacial score (nSPS) is 10.4. The van der Waals surface area contributed by atoms with E-state index >= 15 is 0 Å². The molecule has 0 saturated heterocycles. The second-order valence-electron chi connectivity index (χ2n) is 5.58. The zero-order valence-corrected chi connectivity index (χ0v) is 14.6. The third kappa shape index (κ3) is 4.60. The van der Waals surface area contributed by atoms with E-state index in [0.29, 0.717) is 24.0 Å². The second kappa shape index (κ2) is 8.15. The van der Waals surface area contributed by atoms with E-state index in [4.69, 9.17) is 14.0 Å². The van der Waals surface area contributed by atoms with Crippen molar-refractivity contribution in [2.45, 2.75) is 13.5 Å². The summed E-state index contributed by atoms with van der Waals surface area (Å²) in [5.74, 6) is 2.17. The molecule has 3 aromatic rings. The van der Waals surface area contributed by atoms with Gasteiger partial charge in [-0.25, -0.2) is 0 Å². The molecule has 0 unspecified atom stereocenters. The Morgan fingerprint density at radius 2 is 1.96 bits per heavy atom. The van der Waals surface area contributed by atoms with Gasteiger partial charge in [-0.3, -0.25) is 4.79 Å². The number of aromatic nitrogens is 2. The van der Waals surface area contributed by atoms with Crippen LogP contribution in [0.15, 0.2) is 53.1 Å². The van der Waals surface area contributed by atoms with Crippen molar-refractivity contribution in [1.82, 2.24) is 15.5 Å².